The van der Waals surface area contributed by atoms with E-state index in [0.717, 1.165) is 10.8 Å². The van der Waals surface area contributed by atoms with Crippen LogP contribution < -0.4 is 14.8 Å². The lowest BCUT2D eigenvalue weighted by Crippen LogP contribution is -2.30. The molecule has 0 bridgehead atoms. The molecule has 0 unspecified atom stereocenters. The minimum Gasteiger partial charge on any atom is -0.497 e. The van der Waals surface area contributed by atoms with Crippen LogP contribution in [0, 0.1) is 0 Å². The standard InChI is InChI=1S/C22H21NO5/c1-14(28-22(25)17-11-19(26-2)13-20(12-17)27-3)21(24)23-18-9-8-15-6-4-5-7-16(15)10-18/h4-14H,1-3H3,(H,23,24)/t14-/m1/s1. The summed E-state index contributed by atoms with van der Waals surface area (Å²) < 4.78 is 15.6. The van der Waals surface area contributed by atoms with Gasteiger partial charge in [-0.1, -0.05) is 30.3 Å². The maximum atomic E-state index is 12.4. The van der Waals surface area contributed by atoms with E-state index in [1.165, 1.54) is 33.3 Å². The normalized spacial score (nSPS) is 11.5. The monoisotopic (exact) mass is 379 g/mol. The third-order valence-electron chi connectivity index (χ3n) is 4.26. The first-order valence-corrected chi connectivity index (χ1v) is 8.74. The quantitative estimate of drug-likeness (QED) is 0.654. The molecule has 0 saturated heterocycles. The van der Waals surface area contributed by atoms with E-state index in [4.69, 9.17) is 14.2 Å². The zero-order valence-corrected chi connectivity index (χ0v) is 15.9. The molecule has 1 amide bonds. The van der Waals surface area contributed by atoms with Crippen LogP contribution in [0.2, 0.25) is 0 Å². The van der Waals surface area contributed by atoms with Crippen molar-refractivity contribution in [2.75, 3.05) is 19.5 Å². The van der Waals surface area contributed by atoms with Gasteiger partial charge in [-0.15, -0.1) is 0 Å². The highest BCUT2D eigenvalue weighted by atomic mass is 16.5. The number of nitrogens with one attached hydrogen (secondary N) is 1. The predicted octanol–water partition coefficient (Wildman–Crippen LogP) is 4.04. The molecule has 6 nitrogen and oxygen atoms in total. The third kappa shape index (κ3) is 4.40. The van der Waals surface area contributed by atoms with Crippen molar-refractivity contribution < 1.29 is 23.8 Å². The molecular formula is C22H21NO5. The summed E-state index contributed by atoms with van der Waals surface area (Å²) in [7, 11) is 2.98. The predicted molar refractivity (Wildman–Crippen MR) is 107 cm³/mol. The fourth-order valence-corrected chi connectivity index (χ4v) is 2.72. The molecule has 0 fully saturated rings. The van der Waals surface area contributed by atoms with Gasteiger partial charge in [0.05, 0.1) is 19.8 Å². The number of carbonyl (C=O) groups is 2. The first kappa shape index (κ1) is 19.2. The highest BCUT2D eigenvalue weighted by Gasteiger charge is 2.20. The van der Waals surface area contributed by atoms with E-state index in [1.54, 1.807) is 6.07 Å². The molecule has 0 aliphatic rings. The number of hydrogen-bond donors (Lipinski definition) is 1. The minimum absolute atomic E-state index is 0.238. The SMILES string of the molecule is COc1cc(OC)cc(C(=O)O[C@H](C)C(=O)Nc2ccc3ccccc3c2)c1. The van der Waals surface area contributed by atoms with Crippen LogP contribution >= 0.6 is 0 Å². The Bertz CT molecular complexity index is 992. The summed E-state index contributed by atoms with van der Waals surface area (Å²) in [6, 6.07) is 18.1. The molecule has 1 N–H and O–H groups in total. The number of rotatable bonds is 6. The molecule has 3 aromatic carbocycles. The van der Waals surface area contributed by atoms with Gasteiger partial charge in [0.1, 0.15) is 11.5 Å². The number of anilines is 1. The molecule has 0 spiro atoms. The number of methoxy groups -OCH3 is 2. The second-order valence-electron chi connectivity index (χ2n) is 6.20. The van der Waals surface area contributed by atoms with Crippen LogP contribution in [0.5, 0.6) is 11.5 Å². The van der Waals surface area contributed by atoms with E-state index in [2.05, 4.69) is 5.32 Å². The Kier molecular flexibility index (Phi) is 5.79. The van der Waals surface area contributed by atoms with Crippen molar-refractivity contribution in [3.63, 3.8) is 0 Å². The number of esters is 1. The van der Waals surface area contributed by atoms with Crippen molar-refractivity contribution in [3.05, 3.63) is 66.2 Å². The van der Waals surface area contributed by atoms with Crippen LogP contribution in [0.4, 0.5) is 5.69 Å². The van der Waals surface area contributed by atoms with Crippen LogP contribution in [0.3, 0.4) is 0 Å². The van der Waals surface area contributed by atoms with E-state index in [9.17, 15) is 9.59 Å². The zero-order chi connectivity index (χ0) is 20.1. The van der Waals surface area contributed by atoms with E-state index >= 15 is 0 Å². The van der Waals surface area contributed by atoms with Gasteiger partial charge in [-0.25, -0.2) is 4.79 Å². The number of carbonyl (C=O) groups excluding carboxylic acids is 2. The lowest BCUT2D eigenvalue weighted by Gasteiger charge is -2.15. The first-order chi connectivity index (χ1) is 13.5. The molecule has 0 heterocycles. The lowest BCUT2D eigenvalue weighted by molar-refractivity contribution is -0.123. The van der Waals surface area contributed by atoms with Crippen molar-refractivity contribution >= 4 is 28.3 Å². The average molecular weight is 379 g/mol. The molecule has 3 rings (SSSR count). The van der Waals surface area contributed by atoms with Crippen LogP contribution in [0.25, 0.3) is 10.8 Å². The number of amides is 1. The van der Waals surface area contributed by atoms with Crippen molar-refractivity contribution in [1.82, 2.24) is 0 Å². The fraction of sp³-hybridized carbons (Fsp3) is 0.182. The molecule has 0 aliphatic heterocycles. The van der Waals surface area contributed by atoms with Crippen molar-refractivity contribution in [2.24, 2.45) is 0 Å². The highest BCUT2D eigenvalue weighted by molar-refractivity contribution is 5.99. The largest absolute Gasteiger partial charge is 0.497 e. The van der Waals surface area contributed by atoms with Crippen molar-refractivity contribution in [3.8, 4) is 11.5 Å². The van der Waals surface area contributed by atoms with E-state index < -0.39 is 18.0 Å². The molecule has 3 aromatic rings. The topological polar surface area (TPSA) is 73.9 Å². The Morgan fingerprint density at radius 3 is 2.14 bits per heavy atom. The van der Waals surface area contributed by atoms with Gasteiger partial charge in [0, 0.05) is 11.8 Å². The van der Waals surface area contributed by atoms with Crippen molar-refractivity contribution in [1.29, 1.82) is 0 Å². The summed E-state index contributed by atoms with van der Waals surface area (Å²) >= 11 is 0. The summed E-state index contributed by atoms with van der Waals surface area (Å²) in [6.45, 7) is 1.52. The van der Waals surface area contributed by atoms with Gasteiger partial charge in [-0.3, -0.25) is 4.79 Å². The Balaban J connectivity index is 1.68. The summed E-state index contributed by atoms with van der Waals surface area (Å²) in [6.07, 6.45) is -0.976. The second-order valence-corrected chi connectivity index (χ2v) is 6.20. The van der Waals surface area contributed by atoms with Gasteiger partial charge in [0.15, 0.2) is 6.10 Å². The van der Waals surface area contributed by atoms with Gasteiger partial charge < -0.3 is 19.5 Å². The first-order valence-electron chi connectivity index (χ1n) is 8.74. The lowest BCUT2D eigenvalue weighted by atomic mass is 10.1. The Morgan fingerprint density at radius 1 is 0.857 bits per heavy atom. The molecule has 6 heteroatoms. The highest BCUT2D eigenvalue weighted by Crippen LogP contribution is 2.23. The molecular weight excluding hydrogens is 358 g/mol. The number of benzene rings is 3. The summed E-state index contributed by atoms with van der Waals surface area (Å²) in [5, 5.41) is 4.85. The van der Waals surface area contributed by atoms with Crippen LogP contribution in [-0.2, 0) is 9.53 Å². The molecule has 28 heavy (non-hydrogen) atoms. The van der Waals surface area contributed by atoms with Crippen LogP contribution in [0.1, 0.15) is 17.3 Å². The van der Waals surface area contributed by atoms with E-state index in [-0.39, 0.29) is 5.56 Å². The summed E-state index contributed by atoms with van der Waals surface area (Å²) in [5.74, 6) is -0.143. The molecule has 0 saturated carbocycles. The third-order valence-corrected chi connectivity index (χ3v) is 4.26. The fourth-order valence-electron chi connectivity index (χ4n) is 2.72. The van der Waals surface area contributed by atoms with Crippen LogP contribution in [-0.4, -0.2) is 32.2 Å². The smallest absolute Gasteiger partial charge is 0.339 e. The molecule has 0 aliphatic carbocycles. The summed E-state index contributed by atoms with van der Waals surface area (Å²) in [4.78, 5) is 24.8. The van der Waals surface area contributed by atoms with E-state index in [0.29, 0.717) is 17.2 Å². The second kappa shape index (κ2) is 8.43. The minimum atomic E-state index is -0.976. The van der Waals surface area contributed by atoms with Gasteiger partial charge in [-0.05, 0) is 42.0 Å². The number of fused-ring (bicyclic) bond motifs is 1. The van der Waals surface area contributed by atoms with Gasteiger partial charge in [0.2, 0.25) is 0 Å². The maximum absolute atomic E-state index is 12.4. The Morgan fingerprint density at radius 2 is 1.50 bits per heavy atom. The maximum Gasteiger partial charge on any atom is 0.339 e. The van der Waals surface area contributed by atoms with Crippen LogP contribution in [0.15, 0.2) is 60.7 Å². The van der Waals surface area contributed by atoms with Crippen molar-refractivity contribution in [2.45, 2.75) is 13.0 Å². The number of ether oxygens (including phenoxy) is 3. The molecule has 0 aromatic heterocycles. The average Bonchev–Trinajstić information content (AvgIpc) is 2.73. The number of hydrogen-bond acceptors (Lipinski definition) is 5. The molecule has 0 radical (unpaired) electrons. The molecule has 1 atom stereocenters. The van der Waals surface area contributed by atoms with Gasteiger partial charge >= 0.3 is 5.97 Å². The molecule has 144 valence electrons. The Hall–Kier alpha value is -3.54. The Labute approximate surface area is 163 Å². The van der Waals surface area contributed by atoms with E-state index in [1.807, 2.05) is 42.5 Å². The van der Waals surface area contributed by atoms with Gasteiger partial charge in [-0.2, -0.15) is 0 Å². The van der Waals surface area contributed by atoms with Gasteiger partial charge in [0.25, 0.3) is 5.91 Å². The zero-order valence-electron chi connectivity index (χ0n) is 15.9. The summed E-state index contributed by atoms with van der Waals surface area (Å²) in [5.41, 5.74) is 0.871.